The SMILES string of the molecule is CC(C)(C)OC(=O)N1Cc2c(NC3CCCN(C(=O)c4ccc([N+](=O)[O-])cc4)C3)n[nH]c2C1(C)C.O=C(O)C(F)(F)F. The van der Waals surface area contributed by atoms with Crippen LogP contribution in [0.25, 0.3) is 0 Å². The molecule has 0 radical (unpaired) electrons. The molecule has 3 heterocycles. The van der Waals surface area contributed by atoms with Crippen molar-refractivity contribution in [1.29, 1.82) is 0 Å². The Morgan fingerprint density at radius 3 is 2.31 bits per heavy atom. The highest BCUT2D eigenvalue weighted by atomic mass is 19.4. The first kappa shape index (κ1) is 32.1. The third-order valence-electron chi connectivity index (χ3n) is 6.70. The molecule has 1 fully saturated rings. The van der Waals surface area contributed by atoms with Crippen LogP contribution in [-0.4, -0.2) is 78.9 Å². The average molecular weight is 599 g/mol. The number of amides is 2. The number of aromatic nitrogens is 2. The summed E-state index contributed by atoms with van der Waals surface area (Å²) in [4.78, 5) is 48.5. The third kappa shape index (κ3) is 7.47. The Balaban J connectivity index is 0.000000616. The van der Waals surface area contributed by atoms with Crippen LogP contribution >= 0.6 is 0 Å². The number of likely N-dealkylation sites (tertiary alicyclic amines) is 1. The average Bonchev–Trinajstić information content (AvgIpc) is 3.40. The van der Waals surface area contributed by atoms with Crippen molar-refractivity contribution in [2.24, 2.45) is 0 Å². The molecule has 1 aromatic heterocycles. The summed E-state index contributed by atoms with van der Waals surface area (Å²) in [6.07, 6.45) is -3.78. The molecule has 2 aromatic rings. The van der Waals surface area contributed by atoms with Gasteiger partial charge in [0.1, 0.15) is 5.60 Å². The van der Waals surface area contributed by atoms with Gasteiger partial charge < -0.3 is 20.1 Å². The maximum absolute atomic E-state index is 13.0. The first-order valence-corrected chi connectivity index (χ1v) is 13.0. The van der Waals surface area contributed by atoms with Crippen LogP contribution in [0.5, 0.6) is 0 Å². The number of carbonyl (C=O) groups is 3. The van der Waals surface area contributed by atoms with Crippen molar-refractivity contribution in [2.45, 2.75) is 77.4 Å². The molecule has 1 aromatic carbocycles. The number of H-pyrrole nitrogens is 1. The van der Waals surface area contributed by atoms with E-state index in [1.165, 1.54) is 24.3 Å². The first-order chi connectivity index (χ1) is 19.3. The zero-order valence-corrected chi connectivity index (χ0v) is 23.7. The minimum atomic E-state index is -5.08. The Kier molecular flexibility index (Phi) is 9.07. The molecule has 42 heavy (non-hydrogen) atoms. The lowest BCUT2D eigenvalue weighted by molar-refractivity contribution is -0.384. The number of carboxylic acids is 1. The molecule has 2 aliphatic rings. The minimum absolute atomic E-state index is 0.0168. The summed E-state index contributed by atoms with van der Waals surface area (Å²) in [6.45, 7) is 10.9. The quantitative estimate of drug-likeness (QED) is 0.335. The molecule has 2 aliphatic heterocycles. The zero-order chi connectivity index (χ0) is 31.6. The summed E-state index contributed by atoms with van der Waals surface area (Å²) >= 11 is 0. The van der Waals surface area contributed by atoms with E-state index in [1.807, 2.05) is 34.6 Å². The second kappa shape index (κ2) is 11.9. The lowest BCUT2D eigenvalue weighted by Crippen LogP contribution is -2.45. The fourth-order valence-corrected chi connectivity index (χ4v) is 4.63. The number of nitrogens with one attached hydrogen (secondary N) is 2. The molecule has 4 rings (SSSR count). The van der Waals surface area contributed by atoms with Gasteiger partial charge in [0.2, 0.25) is 0 Å². The number of alkyl halides is 3. The monoisotopic (exact) mass is 598 g/mol. The number of aliphatic carboxylic acids is 1. The Morgan fingerprint density at radius 1 is 1.19 bits per heavy atom. The number of non-ortho nitro benzene ring substituents is 1. The molecular formula is C26H33F3N6O7. The van der Waals surface area contributed by atoms with Crippen LogP contribution in [0.15, 0.2) is 24.3 Å². The van der Waals surface area contributed by atoms with Gasteiger partial charge in [0.25, 0.3) is 11.6 Å². The summed E-state index contributed by atoms with van der Waals surface area (Å²) in [6, 6.07) is 5.66. The highest BCUT2D eigenvalue weighted by Crippen LogP contribution is 2.41. The molecule has 0 saturated carbocycles. The number of aromatic amines is 1. The van der Waals surface area contributed by atoms with Crippen molar-refractivity contribution in [3.05, 3.63) is 51.2 Å². The van der Waals surface area contributed by atoms with Crippen molar-refractivity contribution in [1.82, 2.24) is 20.0 Å². The smallest absolute Gasteiger partial charge is 0.475 e. The fourth-order valence-electron chi connectivity index (χ4n) is 4.63. The molecule has 16 heteroatoms. The maximum Gasteiger partial charge on any atom is 0.490 e. The van der Waals surface area contributed by atoms with Crippen LogP contribution in [0.1, 0.15) is 69.1 Å². The first-order valence-electron chi connectivity index (χ1n) is 13.0. The lowest BCUT2D eigenvalue weighted by Gasteiger charge is -2.34. The predicted molar refractivity (Wildman–Crippen MR) is 143 cm³/mol. The van der Waals surface area contributed by atoms with E-state index in [2.05, 4.69) is 15.5 Å². The highest BCUT2D eigenvalue weighted by Gasteiger charge is 2.45. The standard InChI is InChI=1S/C24H32N6O5.C2HF3O2/c1-23(2,3)35-22(32)29-14-18-19(24(29,4)5)26-27-20(18)25-16-7-6-12-28(13-16)21(31)15-8-10-17(11-9-15)30(33)34;3-2(4,5)1(6)7/h8-11,16H,6-7,12-14H2,1-5H3,(H2,25,26,27);(H,6,7). The molecular weight excluding hydrogens is 565 g/mol. The molecule has 0 aliphatic carbocycles. The van der Waals surface area contributed by atoms with E-state index < -0.39 is 28.2 Å². The normalized spacial score (nSPS) is 18.0. The second-order valence-electron chi connectivity index (χ2n) is 11.4. The van der Waals surface area contributed by atoms with Crippen LogP contribution in [0.4, 0.5) is 29.5 Å². The number of nitro groups is 1. The molecule has 0 bridgehead atoms. The summed E-state index contributed by atoms with van der Waals surface area (Å²) in [5, 5.41) is 29.0. The fraction of sp³-hybridized carbons (Fsp3) is 0.538. The van der Waals surface area contributed by atoms with Gasteiger partial charge in [-0.25, -0.2) is 9.59 Å². The van der Waals surface area contributed by atoms with Crippen LogP contribution < -0.4 is 5.32 Å². The van der Waals surface area contributed by atoms with Crippen LogP contribution in [0, 0.1) is 10.1 Å². The van der Waals surface area contributed by atoms with Gasteiger partial charge in [-0.2, -0.15) is 18.3 Å². The number of carbonyl (C=O) groups excluding carboxylic acids is 2. The molecule has 230 valence electrons. The van der Waals surface area contributed by atoms with Crippen molar-refractivity contribution in [2.75, 3.05) is 18.4 Å². The molecule has 1 unspecified atom stereocenters. The van der Waals surface area contributed by atoms with E-state index in [1.54, 1.807) is 9.80 Å². The number of fused-ring (bicyclic) bond motifs is 1. The Labute approximate surface area is 239 Å². The largest absolute Gasteiger partial charge is 0.490 e. The number of rotatable bonds is 4. The number of anilines is 1. The van der Waals surface area contributed by atoms with Crippen molar-refractivity contribution in [3.8, 4) is 0 Å². The van der Waals surface area contributed by atoms with Gasteiger partial charge in [-0.15, -0.1) is 0 Å². The number of nitrogens with zero attached hydrogens (tertiary/aromatic N) is 4. The molecule has 2 amide bonds. The lowest BCUT2D eigenvalue weighted by atomic mass is 10.0. The summed E-state index contributed by atoms with van der Waals surface area (Å²) in [5.41, 5.74) is 0.960. The number of nitro benzene ring substituents is 1. The van der Waals surface area contributed by atoms with E-state index >= 15 is 0 Å². The summed E-state index contributed by atoms with van der Waals surface area (Å²) < 4.78 is 37.3. The number of halogens is 3. The molecule has 0 spiro atoms. The van der Waals surface area contributed by atoms with E-state index in [9.17, 15) is 32.9 Å². The Morgan fingerprint density at radius 2 is 1.79 bits per heavy atom. The molecule has 1 atom stereocenters. The van der Waals surface area contributed by atoms with Crippen molar-refractivity contribution < 1.29 is 42.3 Å². The van der Waals surface area contributed by atoms with Crippen molar-refractivity contribution in [3.63, 3.8) is 0 Å². The van der Waals surface area contributed by atoms with Gasteiger partial charge in [-0.3, -0.25) is 24.9 Å². The van der Waals surface area contributed by atoms with Crippen molar-refractivity contribution >= 4 is 29.5 Å². The third-order valence-corrected chi connectivity index (χ3v) is 6.70. The minimum Gasteiger partial charge on any atom is -0.475 e. The molecule has 13 nitrogen and oxygen atoms in total. The van der Waals surface area contributed by atoms with E-state index in [0.29, 0.717) is 31.0 Å². The number of hydrogen-bond acceptors (Lipinski definition) is 8. The van der Waals surface area contributed by atoms with Gasteiger partial charge in [0.15, 0.2) is 5.82 Å². The molecule has 3 N–H and O–H groups in total. The van der Waals surface area contributed by atoms with E-state index in [-0.39, 0.29) is 23.7 Å². The van der Waals surface area contributed by atoms with Gasteiger partial charge in [0.05, 0.1) is 22.7 Å². The second-order valence-corrected chi connectivity index (χ2v) is 11.4. The van der Waals surface area contributed by atoms with Gasteiger partial charge in [-0.05, 0) is 59.6 Å². The Hall–Kier alpha value is -4.37. The van der Waals surface area contributed by atoms with E-state index in [0.717, 1.165) is 24.1 Å². The molecule has 1 saturated heterocycles. The predicted octanol–water partition coefficient (Wildman–Crippen LogP) is 4.65. The summed E-state index contributed by atoms with van der Waals surface area (Å²) in [5.74, 6) is -2.24. The Bertz CT molecular complexity index is 1340. The number of benzene rings is 1. The van der Waals surface area contributed by atoms with Gasteiger partial charge in [-0.1, -0.05) is 0 Å². The van der Waals surface area contributed by atoms with Gasteiger partial charge >= 0.3 is 18.2 Å². The van der Waals surface area contributed by atoms with Crippen LogP contribution in [-0.2, 0) is 21.6 Å². The van der Waals surface area contributed by atoms with Crippen LogP contribution in [0.2, 0.25) is 0 Å². The number of ether oxygens (including phenoxy) is 1. The summed E-state index contributed by atoms with van der Waals surface area (Å²) in [7, 11) is 0. The number of carboxylic acid groups (broad SMARTS) is 1. The topological polar surface area (TPSA) is 171 Å². The number of piperidine rings is 1. The maximum atomic E-state index is 13.0. The van der Waals surface area contributed by atoms with Crippen LogP contribution in [0.3, 0.4) is 0 Å². The van der Waals surface area contributed by atoms with Gasteiger partial charge in [0, 0.05) is 42.4 Å². The number of hydrogen-bond donors (Lipinski definition) is 3. The highest BCUT2D eigenvalue weighted by molar-refractivity contribution is 5.94. The van der Waals surface area contributed by atoms with E-state index in [4.69, 9.17) is 14.6 Å². The zero-order valence-electron chi connectivity index (χ0n) is 23.7.